The average Bonchev–Trinajstić information content (AvgIpc) is 3.14. The number of benzene rings is 1. The minimum absolute atomic E-state index is 0.00941. The van der Waals surface area contributed by atoms with Gasteiger partial charge in [0.05, 0.1) is 29.4 Å². The smallest absolute Gasteiger partial charge is 0.313 e. The summed E-state index contributed by atoms with van der Waals surface area (Å²) in [5.74, 6) is -4.94. The largest absolute Gasteiger partial charge is 0.460 e. The minimum atomic E-state index is -1.55. The first kappa shape index (κ1) is 21.1. The lowest BCUT2D eigenvalue weighted by molar-refractivity contribution is -0.146. The van der Waals surface area contributed by atoms with Crippen LogP contribution in [0.15, 0.2) is 35.6 Å². The maximum Gasteiger partial charge on any atom is 0.313 e. The third kappa shape index (κ3) is 2.89. The number of cyclic esters (lactones) is 1. The third-order valence-corrected chi connectivity index (χ3v) is 5.87. The molecule has 0 bridgehead atoms. The van der Waals surface area contributed by atoms with Gasteiger partial charge in [0.15, 0.2) is 17.5 Å². The number of halogens is 3. The van der Waals surface area contributed by atoms with Crippen LogP contribution in [0.2, 0.25) is 0 Å². The van der Waals surface area contributed by atoms with E-state index in [-0.39, 0.29) is 30.0 Å². The van der Waals surface area contributed by atoms with Crippen LogP contribution in [0.4, 0.5) is 13.2 Å². The molecule has 2 N–H and O–H groups in total. The van der Waals surface area contributed by atoms with Crippen molar-refractivity contribution in [2.45, 2.75) is 33.9 Å². The van der Waals surface area contributed by atoms with Crippen molar-refractivity contribution in [2.75, 3.05) is 6.61 Å². The van der Waals surface area contributed by atoms with Crippen molar-refractivity contribution in [3.05, 3.63) is 69.8 Å². The highest BCUT2D eigenvalue weighted by Gasteiger charge is 2.39. The van der Waals surface area contributed by atoms with Crippen molar-refractivity contribution in [3.63, 3.8) is 0 Å². The van der Waals surface area contributed by atoms with E-state index < -0.39 is 23.4 Å². The molecule has 0 radical (unpaired) electrons. The Balaban J connectivity index is 0.00000112. The molecule has 0 fully saturated rings. The average molecular weight is 429 g/mol. The summed E-state index contributed by atoms with van der Waals surface area (Å²) in [6, 6.07) is 0.874. The summed E-state index contributed by atoms with van der Waals surface area (Å²) in [6.45, 7) is 10.3. The molecule has 5 nitrogen and oxygen atoms in total. The molecule has 5 rings (SSSR count). The van der Waals surface area contributed by atoms with Gasteiger partial charge in [0.2, 0.25) is 0 Å². The fourth-order valence-electron chi connectivity index (χ4n) is 4.32. The van der Waals surface area contributed by atoms with Crippen molar-refractivity contribution in [3.8, 4) is 0 Å². The van der Waals surface area contributed by atoms with Gasteiger partial charge in [-0.15, -0.1) is 0 Å². The topological polar surface area (TPSA) is 68.5 Å². The fraction of sp³-hybridized carbons (Fsp3) is 0.304. The Hall–Kier alpha value is -3.13. The second kappa shape index (κ2) is 7.53. The number of carbonyl (C=O) groups excluding carboxylic acids is 1. The molecule has 3 aliphatic rings. The van der Waals surface area contributed by atoms with E-state index in [2.05, 4.69) is 11.6 Å². The summed E-state index contributed by atoms with van der Waals surface area (Å²) in [7, 11) is 0. The van der Waals surface area contributed by atoms with Crippen molar-refractivity contribution < 1.29 is 22.7 Å². The van der Waals surface area contributed by atoms with Crippen LogP contribution in [-0.2, 0) is 22.6 Å². The highest BCUT2D eigenvalue weighted by molar-refractivity contribution is 5.90. The summed E-state index contributed by atoms with van der Waals surface area (Å²) < 4.78 is 47.4. The Morgan fingerprint density at radius 1 is 1.29 bits per heavy atom. The van der Waals surface area contributed by atoms with E-state index in [0.717, 1.165) is 17.2 Å². The van der Waals surface area contributed by atoms with Gasteiger partial charge in [-0.2, -0.15) is 0 Å². The number of nitrogens with two attached hydrogens (primary N) is 1. The van der Waals surface area contributed by atoms with Crippen LogP contribution in [-0.4, -0.2) is 22.5 Å². The molecule has 4 heterocycles. The van der Waals surface area contributed by atoms with Gasteiger partial charge in [-0.1, -0.05) is 20.4 Å². The van der Waals surface area contributed by atoms with Gasteiger partial charge in [0, 0.05) is 34.8 Å². The maximum absolute atomic E-state index is 14.5. The number of esters is 1. The fourth-order valence-corrected chi connectivity index (χ4v) is 4.32. The highest BCUT2D eigenvalue weighted by atomic mass is 19.2. The van der Waals surface area contributed by atoms with E-state index in [1.807, 2.05) is 24.8 Å². The maximum atomic E-state index is 14.5. The Morgan fingerprint density at radius 2 is 2.00 bits per heavy atom. The molecule has 1 unspecified atom stereocenters. The van der Waals surface area contributed by atoms with Gasteiger partial charge >= 0.3 is 5.97 Å². The van der Waals surface area contributed by atoms with Crippen LogP contribution in [0.5, 0.6) is 0 Å². The van der Waals surface area contributed by atoms with E-state index in [1.165, 1.54) is 0 Å². The molecule has 8 heteroatoms. The van der Waals surface area contributed by atoms with Crippen molar-refractivity contribution in [2.24, 2.45) is 11.7 Å². The van der Waals surface area contributed by atoms with Gasteiger partial charge in [0.25, 0.3) is 0 Å². The van der Waals surface area contributed by atoms with Gasteiger partial charge in [-0.05, 0) is 24.1 Å². The Labute approximate surface area is 177 Å². The molecule has 0 saturated carbocycles. The third-order valence-electron chi connectivity index (χ3n) is 5.87. The second-order valence-corrected chi connectivity index (χ2v) is 7.33. The van der Waals surface area contributed by atoms with Gasteiger partial charge in [-0.3, -0.25) is 4.79 Å². The molecule has 0 spiro atoms. The number of pyridine rings is 1. The monoisotopic (exact) mass is 429 g/mol. The zero-order valence-electron chi connectivity index (χ0n) is 17.5. The van der Waals surface area contributed by atoms with Crippen molar-refractivity contribution in [1.29, 1.82) is 0 Å². The molecule has 3 aliphatic heterocycles. The molecular formula is C23H22F3N3O2. The molecule has 31 heavy (non-hydrogen) atoms. The van der Waals surface area contributed by atoms with E-state index >= 15 is 0 Å². The molecule has 0 aliphatic carbocycles. The number of carbonyl (C=O) groups is 1. The zero-order valence-corrected chi connectivity index (χ0v) is 17.5. The molecule has 0 amide bonds. The van der Waals surface area contributed by atoms with Crippen molar-refractivity contribution in [1.82, 2.24) is 9.88 Å². The van der Waals surface area contributed by atoms with Crippen LogP contribution >= 0.6 is 0 Å². The second-order valence-electron chi connectivity index (χ2n) is 7.33. The summed E-state index contributed by atoms with van der Waals surface area (Å²) in [5, 5.41) is -0.110. The van der Waals surface area contributed by atoms with E-state index in [0.29, 0.717) is 34.8 Å². The molecular weight excluding hydrogens is 407 g/mol. The van der Waals surface area contributed by atoms with Gasteiger partial charge in [-0.25, -0.2) is 18.2 Å². The van der Waals surface area contributed by atoms with Gasteiger partial charge in [0.1, 0.15) is 6.61 Å². The standard InChI is InChI=1S/C21H16F3N3O2.C2H6/c1-8-10-3-16-20-12(6-27(16)9(2)13(10)7-29-21(8)28)11(5-25)17-15(26-20)4-14(22)18(23)19(17)24;1-2/h3-4,8H,2,5-7,25H2,1H3;1-2H3. The number of ether oxygens (including phenoxy) is 1. The van der Waals surface area contributed by atoms with Crippen LogP contribution in [0.3, 0.4) is 0 Å². The van der Waals surface area contributed by atoms with Crippen LogP contribution < -0.4 is 5.73 Å². The SMILES string of the molecule is C=C1C2=C(C=C3c4nc5cc(F)c(F)c(F)c5c(CN)c4CN13)C(C)C(=O)OC2.CC. The number of nitrogens with zero attached hydrogens (tertiary/aromatic N) is 2. The molecule has 1 aromatic carbocycles. The van der Waals surface area contributed by atoms with E-state index in [9.17, 15) is 18.0 Å². The normalized spacial score (nSPS) is 19.4. The van der Waals surface area contributed by atoms with E-state index in [4.69, 9.17) is 10.5 Å². The van der Waals surface area contributed by atoms with Crippen LogP contribution in [0.1, 0.15) is 37.6 Å². The summed E-state index contributed by atoms with van der Waals surface area (Å²) >= 11 is 0. The minimum Gasteiger partial charge on any atom is -0.460 e. The number of hydrogen-bond acceptors (Lipinski definition) is 5. The Morgan fingerprint density at radius 3 is 2.68 bits per heavy atom. The Bertz CT molecular complexity index is 1220. The lowest BCUT2D eigenvalue weighted by Crippen LogP contribution is -2.31. The number of fused-ring (bicyclic) bond motifs is 4. The lowest BCUT2D eigenvalue weighted by atomic mass is 9.88. The summed E-state index contributed by atoms with van der Waals surface area (Å²) in [4.78, 5) is 18.3. The van der Waals surface area contributed by atoms with Gasteiger partial charge < -0.3 is 15.4 Å². The lowest BCUT2D eigenvalue weighted by Gasteiger charge is -2.34. The van der Waals surface area contributed by atoms with Crippen molar-refractivity contribution >= 4 is 22.6 Å². The van der Waals surface area contributed by atoms with Crippen LogP contribution in [0.25, 0.3) is 16.6 Å². The molecule has 0 saturated heterocycles. The zero-order chi connectivity index (χ0) is 22.6. The highest BCUT2D eigenvalue weighted by Crippen LogP contribution is 2.46. The number of aromatic nitrogens is 1. The molecule has 1 aromatic heterocycles. The molecule has 162 valence electrons. The van der Waals surface area contributed by atoms with Crippen LogP contribution in [0, 0.1) is 23.4 Å². The number of rotatable bonds is 1. The predicted octanol–water partition coefficient (Wildman–Crippen LogP) is 4.31. The summed E-state index contributed by atoms with van der Waals surface area (Å²) in [5.41, 5.74) is 10.3. The summed E-state index contributed by atoms with van der Waals surface area (Å²) in [6.07, 6.45) is 1.84. The molecule has 1 atom stereocenters. The first-order chi connectivity index (χ1) is 14.8. The van der Waals surface area contributed by atoms with E-state index in [1.54, 1.807) is 6.92 Å². The first-order valence-electron chi connectivity index (χ1n) is 10.1. The quantitative estimate of drug-likeness (QED) is 0.541. The molecule has 2 aromatic rings. The number of hydrogen-bond donors (Lipinski definition) is 1. The first-order valence-corrected chi connectivity index (χ1v) is 10.1. The predicted molar refractivity (Wildman–Crippen MR) is 111 cm³/mol. The number of allylic oxidation sites excluding steroid dienone is 1. The Kier molecular flexibility index (Phi) is 5.13.